The Balaban J connectivity index is 2.60. The van der Waals surface area contributed by atoms with E-state index in [1.54, 1.807) is 0 Å². The number of fused-ring (bicyclic) bond motifs is 1. The molecule has 1 aromatic carbocycles. The highest BCUT2D eigenvalue weighted by molar-refractivity contribution is 6.35. The average molecular weight is 294 g/mol. The van der Waals surface area contributed by atoms with Crippen molar-refractivity contribution in [3.8, 4) is 0 Å². The lowest BCUT2D eigenvalue weighted by atomic mass is 10.1. The van der Waals surface area contributed by atoms with E-state index in [0.29, 0.717) is 15.9 Å². The highest BCUT2D eigenvalue weighted by atomic mass is 35.5. The number of halogens is 1. The number of hydrogen-bond acceptors (Lipinski definition) is 4. The fourth-order valence-electron chi connectivity index (χ4n) is 2.04. The third kappa shape index (κ3) is 2.82. The van der Waals surface area contributed by atoms with Gasteiger partial charge in [0.25, 0.3) is 5.69 Å². The molecule has 0 aliphatic rings. The van der Waals surface area contributed by atoms with Gasteiger partial charge in [0.2, 0.25) is 0 Å². The molecule has 0 amide bonds. The summed E-state index contributed by atoms with van der Waals surface area (Å²) in [6.07, 6.45) is 1.80. The highest BCUT2D eigenvalue weighted by Gasteiger charge is 2.14. The second-order valence-electron chi connectivity index (χ2n) is 4.53. The maximum absolute atomic E-state index is 10.9. The van der Waals surface area contributed by atoms with Crippen molar-refractivity contribution in [2.24, 2.45) is 0 Å². The van der Waals surface area contributed by atoms with Crippen molar-refractivity contribution in [3.63, 3.8) is 0 Å². The minimum Gasteiger partial charge on any atom is -0.370 e. The van der Waals surface area contributed by atoms with E-state index in [1.165, 1.54) is 12.1 Å². The third-order valence-corrected chi connectivity index (χ3v) is 3.36. The maximum atomic E-state index is 10.9. The number of pyridine rings is 1. The van der Waals surface area contributed by atoms with Gasteiger partial charge in [-0.15, -0.1) is 0 Å². The number of rotatable bonds is 5. The van der Waals surface area contributed by atoms with Crippen molar-refractivity contribution in [2.75, 3.05) is 11.9 Å². The molecule has 2 aromatic rings. The minimum absolute atomic E-state index is 0.0133. The molecule has 20 heavy (non-hydrogen) atoms. The zero-order chi connectivity index (χ0) is 14.7. The van der Waals surface area contributed by atoms with E-state index in [-0.39, 0.29) is 5.69 Å². The van der Waals surface area contributed by atoms with Crippen LogP contribution in [0.25, 0.3) is 10.9 Å². The van der Waals surface area contributed by atoms with Crippen molar-refractivity contribution in [2.45, 2.75) is 26.7 Å². The van der Waals surface area contributed by atoms with Crippen LogP contribution in [0.3, 0.4) is 0 Å². The van der Waals surface area contributed by atoms with E-state index in [2.05, 4.69) is 17.2 Å². The van der Waals surface area contributed by atoms with Gasteiger partial charge < -0.3 is 5.32 Å². The Kier molecular flexibility index (Phi) is 4.39. The number of non-ortho nitro benzene ring substituents is 1. The lowest BCUT2D eigenvalue weighted by Crippen LogP contribution is -2.05. The lowest BCUT2D eigenvalue weighted by Gasteiger charge is -2.11. The molecule has 0 bridgehead atoms. The van der Waals surface area contributed by atoms with Gasteiger partial charge in [-0.25, -0.2) is 4.98 Å². The van der Waals surface area contributed by atoms with Gasteiger partial charge in [-0.3, -0.25) is 10.1 Å². The molecule has 0 aliphatic carbocycles. The number of aryl methyl sites for hydroxylation is 1. The van der Waals surface area contributed by atoms with Crippen LogP contribution in [0.15, 0.2) is 18.2 Å². The first-order chi connectivity index (χ1) is 9.56. The van der Waals surface area contributed by atoms with E-state index in [1.807, 2.05) is 13.0 Å². The molecule has 106 valence electrons. The Bertz CT molecular complexity index is 658. The monoisotopic (exact) mass is 293 g/mol. The van der Waals surface area contributed by atoms with E-state index in [4.69, 9.17) is 11.6 Å². The molecule has 0 saturated heterocycles. The van der Waals surface area contributed by atoms with Crippen LogP contribution in [0.4, 0.5) is 11.5 Å². The van der Waals surface area contributed by atoms with Gasteiger partial charge >= 0.3 is 0 Å². The molecule has 6 heteroatoms. The molecular weight excluding hydrogens is 278 g/mol. The van der Waals surface area contributed by atoms with Gasteiger partial charge in [0.1, 0.15) is 5.82 Å². The van der Waals surface area contributed by atoms with Crippen LogP contribution in [-0.2, 0) is 6.42 Å². The second kappa shape index (κ2) is 6.05. The van der Waals surface area contributed by atoms with Gasteiger partial charge in [0.15, 0.2) is 0 Å². The smallest absolute Gasteiger partial charge is 0.271 e. The first kappa shape index (κ1) is 14.5. The van der Waals surface area contributed by atoms with Crippen LogP contribution < -0.4 is 5.32 Å². The van der Waals surface area contributed by atoms with Crippen LogP contribution >= 0.6 is 11.6 Å². The summed E-state index contributed by atoms with van der Waals surface area (Å²) < 4.78 is 0. The van der Waals surface area contributed by atoms with Crippen molar-refractivity contribution in [3.05, 3.63) is 38.9 Å². The summed E-state index contributed by atoms with van der Waals surface area (Å²) in [6, 6.07) is 4.77. The SMILES string of the molecule is CCCNc1nc2c(Cl)cc([N+](=O)[O-])cc2cc1CC. The summed E-state index contributed by atoms with van der Waals surface area (Å²) in [5.74, 6) is 0.803. The van der Waals surface area contributed by atoms with E-state index >= 15 is 0 Å². The van der Waals surface area contributed by atoms with Crippen molar-refractivity contribution in [1.82, 2.24) is 4.98 Å². The molecule has 2 rings (SSSR count). The summed E-state index contributed by atoms with van der Waals surface area (Å²) in [7, 11) is 0. The Morgan fingerprint density at radius 3 is 2.70 bits per heavy atom. The van der Waals surface area contributed by atoms with Crippen LogP contribution in [-0.4, -0.2) is 16.5 Å². The standard InChI is InChI=1S/C14H16ClN3O2/c1-3-5-16-14-9(4-2)6-10-7-11(18(19)20)8-12(15)13(10)17-14/h6-8H,3-5H2,1-2H3,(H,16,17). The molecule has 0 spiro atoms. The summed E-state index contributed by atoms with van der Waals surface area (Å²) in [6.45, 7) is 4.94. The van der Waals surface area contributed by atoms with E-state index in [0.717, 1.165) is 30.8 Å². The van der Waals surface area contributed by atoms with Crippen molar-refractivity contribution < 1.29 is 4.92 Å². The van der Waals surface area contributed by atoms with Crippen molar-refractivity contribution >= 4 is 34.0 Å². The number of hydrogen-bond donors (Lipinski definition) is 1. The predicted octanol–water partition coefficient (Wildman–Crippen LogP) is 4.18. The fraction of sp³-hybridized carbons (Fsp3) is 0.357. The van der Waals surface area contributed by atoms with Crippen LogP contribution in [0, 0.1) is 10.1 Å². The molecule has 1 aromatic heterocycles. The third-order valence-electron chi connectivity index (χ3n) is 3.07. The van der Waals surface area contributed by atoms with Crippen LogP contribution in [0.5, 0.6) is 0 Å². The van der Waals surface area contributed by atoms with Crippen LogP contribution in [0.2, 0.25) is 5.02 Å². The topological polar surface area (TPSA) is 68.1 Å². The lowest BCUT2D eigenvalue weighted by molar-refractivity contribution is -0.384. The van der Waals surface area contributed by atoms with E-state index in [9.17, 15) is 10.1 Å². The number of aromatic nitrogens is 1. The summed E-state index contributed by atoms with van der Waals surface area (Å²) in [5, 5.41) is 15.1. The van der Waals surface area contributed by atoms with Gasteiger partial charge in [-0.2, -0.15) is 0 Å². The van der Waals surface area contributed by atoms with E-state index < -0.39 is 4.92 Å². The van der Waals surface area contributed by atoms with Gasteiger partial charge in [-0.05, 0) is 24.5 Å². The van der Waals surface area contributed by atoms with Crippen molar-refractivity contribution in [1.29, 1.82) is 0 Å². The Morgan fingerprint density at radius 2 is 2.10 bits per heavy atom. The molecule has 0 saturated carbocycles. The molecule has 1 N–H and O–H groups in total. The molecule has 0 fully saturated rings. The Morgan fingerprint density at radius 1 is 1.35 bits per heavy atom. The molecule has 1 heterocycles. The minimum atomic E-state index is -0.444. The largest absolute Gasteiger partial charge is 0.370 e. The quantitative estimate of drug-likeness (QED) is 0.663. The summed E-state index contributed by atoms with van der Waals surface area (Å²) in [5.41, 5.74) is 1.61. The van der Waals surface area contributed by atoms with Crippen LogP contribution in [0.1, 0.15) is 25.8 Å². The van der Waals surface area contributed by atoms with Gasteiger partial charge in [0.05, 0.1) is 15.5 Å². The first-order valence-electron chi connectivity index (χ1n) is 6.58. The molecule has 5 nitrogen and oxygen atoms in total. The Hall–Kier alpha value is -1.88. The van der Waals surface area contributed by atoms with Gasteiger partial charge in [-0.1, -0.05) is 25.4 Å². The average Bonchev–Trinajstić information content (AvgIpc) is 2.44. The highest BCUT2D eigenvalue weighted by Crippen LogP contribution is 2.30. The normalized spacial score (nSPS) is 10.8. The Labute approximate surface area is 122 Å². The first-order valence-corrected chi connectivity index (χ1v) is 6.96. The number of nitro groups is 1. The molecule has 0 aliphatic heterocycles. The fourth-order valence-corrected chi connectivity index (χ4v) is 2.31. The van der Waals surface area contributed by atoms with Gasteiger partial charge in [0, 0.05) is 24.1 Å². The molecular formula is C14H16ClN3O2. The molecule has 0 unspecified atom stereocenters. The maximum Gasteiger partial charge on any atom is 0.271 e. The zero-order valence-corrected chi connectivity index (χ0v) is 12.2. The molecule has 0 atom stereocenters. The number of anilines is 1. The zero-order valence-electron chi connectivity index (χ0n) is 11.4. The molecule has 0 radical (unpaired) electrons. The second-order valence-corrected chi connectivity index (χ2v) is 4.94. The number of nitrogens with one attached hydrogen (secondary N) is 1. The summed E-state index contributed by atoms with van der Waals surface area (Å²) in [4.78, 5) is 14.9. The number of benzene rings is 1. The predicted molar refractivity (Wildman–Crippen MR) is 81.6 cm³/mol. The number of nitrogens with zero attached hydrogens (tertiary/aromatic N) is 2. The summed E-state index contributed by atoms with van der Waals surface area (Å²) >= 11 is 6.11. The number of nitro benzene ring substituents is 1.